The molecule has 0 atom stereocenters. The fourth-order valence-corrected chi connectivity index (χ4v) is 3.10. The summed E-state index contributed by atoms with van der Waals surface area (Å²) in [5.74, 6) is 1.86. The maximum absolute atomic E-state index is 12.7. The normalized spacial score (nSPS) is 18.7. The molecule has 5 heteroatoms. The van der Waals surface area contributed by atoms with Crippen molar-refractivity contribution in [2.24, 2.45) is 0 Å². The van der Waals surface area contributed by atoms with Gasteiger partial charge in [-0.05, 0) is 37.8 Å². The van der Waals surface area contributed by atoms with E-state index in [9.17, 15) is 4.79 Å². The van der Waals surface area contributed by atoms with E-state index < -0.39 is 0 Å². The van der Waals surface area contributed by atoms with Crippen LogP contribution in [0, 0.1) is 0 Å². The monoisotopic (exact) mass is 311 g/mol. The first-order valence-electron chi connectivity index (χ1n) is 8.54. The lowest BCUT2D eigenvalue weighted by atomic mass is 10.1. The molecule has 4 rings (SSSR count). The molecule has 1 aliphatic heterocycles. The lowest BCUT2D eigenvalue weighted by molar-refractivity contribution is 0.0761. The van der Waals surface area contributed by atoms with Crippen LogP contribution in [0.5, 0.6) is 0 Å². The van der Waals surface area contributed by atoms with Gasteiger partial charge >= 0.3 is 0 Å². The molecule has 0 bridgehead atoms. The Morgan fingerprint density at radius 1 is 1.13 bits per heavy atom. The average molecular weight is 311 g/mol. The molecule has 2 heterocycles. The zero-order valence-electron chi connectivity index (χ0n) is 13.2. The highest BCUT2D eigenvalue weighted by atomic mass is 16.5. The van der Waals surface area contributed by atoms with Crippen LogP contribution >= 0.6 is 0 Å². The SMILES string of the molecule is O=C(c1cccc(-c2noc(C3CC3)n2)c1)N1CCCCCC1. The van der Waals surface area contributed by atoms with Gasteiger partial charge in [0, 0.05) is 30.1 Å². The van der Waals surface area contributed by atoms with Crippen molar-refractivity contribution in [3.05, 3.63) is 35.7 Å². The van der Waals surface area contributed by atoms with Crippen LogP contribution in [-0.2, 0) is 0 Å². The first-order chi connectivity index (χ1) is 11.3. The Labute approximate surface area is 135 Å². The third-order valence-corrected chi connectivity index (χ3v) is 4.63. The third-order valence-electron chi connectivity index (χ3n) is 4.63. The van der Waals surface area contributed by atoms with Gasteiger partial charge in [0.1, 0.15) is 0 Å². The van der Waals surface area contributed by atoms with Crippen LogP contribution in [-0.4, -0.2) is 34.0 Å². The van der Waals surface area contributed by atoms with Gasteiger partial charge in [-0.25, -0.2) is 0 Å². The summed E-state index contributed by atoms with van der Waals surface area (Å²) in [6.07, 6.45) is 6.90. The van der Waals surface area contributed by atoms with Crippen molar-refractivity contribution in [3.8, 4) is 11.4 Å². The predicted molar refractivity (Wildman–Crippen MR) is 86.1 cm³/mol. The number of nitrogens with zero attached hydrogens (tertiary/aromatic N) is 3. The van der Waals surface area contributed by atoms with Crippen molar-refractivity contribution in [3.63, 3.8) is 0 Å². The van der Waals surface area contributed by atoms with Gasteiger partial charge in [-0.1, -0.05) is 30.1 Å². The Morgan fingerprint density at radius 2 is 1.91 bits per heavy atom. The molecule has 2 fully saturated rings. The third kappa shape index (κ3) is 3.14. The van der Waals surface area contributed by atoms with Crippen molar-refractivity contribution in [2.75, 3.05) is 13.1 Å². The molecule has 0 radical (unpaired) electrons. The molecule has 0 unspecified atom stereocenters. The van der Waals surface area contributed by atoms with Crippen LogP contribution < -0.4 is 0 Å². The Kier molecular flexibility index (Phi) is 3.85. The van der Waals surface area contributed by atoms with E-state index in [0.717, 1.165) is 50.2 Å². The molecule has 0 spiro atoms. The molecule has 2 aliphatic rings. The summed E-state index contributed by atoms with van der Waals surface area (Å²) in [6.45, 7) is 1.72. The number of hydrogen-bond acceptors (Lipinski definition) is 4. The summed E-state index contributed by atoms with van der Waals surface area (Å²) in [5, 5.41) is 4.06. The molecule has 1 amide bonds. The van der Waals surface area contributed by atoms with Crippen molar-refractivity contribution in [2.45, 2.75) is 44.4 Å². The number of carbonyl (C=O) groups excluding carboxylic acids is 1. The van der Waals surface area contributed by atoms with E-state index in [4.69, 9.17) is 4.52 Å². The molecule has 1 aliphatic carbocycles. The largest absolute Gasteiger partial charge is 0.339 e. The summed E-state index contributed by atoms with van der Waals surface area (Å²) in [7, 11) is 0. The number of aromatic nitrogens is 2. The van der Waals surface area contributed by atoms with Gasteiger partial charge in [0.2, 0.25) is 11.7 Å². The van der Waals surface area contributed by atoms with Gasteiger partial charge in [-0.3, -0.25) is 4.79 Å². The van der Waals surface area contributed by atoms with Gasteiger partial charge in [-0.2, -0.15) is 4.98 Å². The lowest BCUT2D eigenvalue weighted by Gasteiger charge is -2.20. The van der Waals surface area contributed by atoms with Crippen molar-refractivity contribution in [1.82, 2.24) is 15.0 Å². The Hall–Kier alpha value is -2.17. The van der Waals surface area contributed by atoms with Crippen LogP contribution in [0.4, 0.5) is 0 Å². The first kappa shape index (κ1) is 14.4. The van der Waals surface area contributed by atoms with Crippen LogP contribution in [0.2, 0.25) is 0 Å². The van der Waals surface area contributed by atoms with E-state index in [1.54, 1.807) is 0 Å². The molecular formula is C18H21N3O2. The van der Waals surface area contributed by atoms with Gasteiger partial charge in [-0.15, -0.1) is 0 Å². The lowest BCUT2D eigenvalue weighted by Crippen LogP contribution is -2.31. The van der Waals surface area contributed by atoms with Gasteiger partial charge in [0.15, 0.2) is 0 Å². The molecule has 23 heavy (non-hydrogen) atoms. The molecular weight excluding hydrogens is 290 g/mol. The van der Waals surface area contributed by atoms with Crippen molar-refractivity contribution in [1.29, 1.82) is 0 Å². The number of amides is 1. The first-order valence-corrected chi connectivity index (χ1v) is 8.54. The zero-order valence-corrected chi connectivity index (χ0v) is 13.2. The Morgan fingerprint density at radius 3 is 2.65 bits per heavy atom. The second-order valence-electron chi connectivity index (χ2n) is 6.52. The highest BCUT2D eigenvalue weighted by molar-refractivity contribution is 5.95. The van der Waals surface area contributed by atoms with Gasteiger partial charge < -0.3 is 9.42 Å². The second kappa shape index (κ2) is 6.14. The average Bonchev–Trinajstić information content (AvgIpc) is 3.38. The summed E-state index contributed by atoms with van der Waals surface area (Å²) in [6, 6.07) is 7.58. The van der Waals surface area contributed by atoms with Crippen LogP contribution in [0.25, 0.3) is 11.4 Å². The minimum absolute atomic E-state index is 0.111. The molecule has 2 aromatic rings. The zero-order chi connectivity index (χ0) is 15.6. The number of hydrogen-bond donors (Lipinski definition) is 0. The van der Waals surface area contributed by atoms with Crippen molar-refractivity contribution >= 4 is 5.91 Å². The van der Waals surface area contributed by atoms with Gasteiger partial charge in [0.25, 0.3) is 5.91 Å². The fraction of sp³-hybridized carbons (Fsp3) is 0.500. The molecule has 0 N–H and O–H groups in total. The summed E-state index contributed by atoms with van der Waals surface area (Å²) < 4.78 is 5.32. The Bertz CT molecular complexity index is 698. The quantitative estimate of drug-likeness (QED) is 0.868. The molecule has 1 aromatic heterocycles. The van der Waals surface area contributed by atoms with E-state index >= 15 is 0 Å². The molecule has 120 valence electrons. The maximum atomic E-state index is 12.7. The molecule has 1 aromatic carbocycles. The van der Waals surface area contributed by atoms with Crippen LogP contribution in [0.3, 0.4) is 0 Å². The Balaban J connectivity index is 1.55. The fourth-order valence-electron chi connectivity index (χ4n) is 3.10. The number of rotatable bonds is 3. The van der Waals surface area contributed by atoms with E-state index in [1.807, 2.05) is 29.2 Å². The van der Waals surface area contributed by atoms with E-state index in [2.05, 4.69) is 10.1 Å². The molecule has 5 nitrogen and oxygen atoms in total. The predicted octanol–water partition coefficient (Wildman–Crippen LogP) is 3.63. The number of carbonyl (C=O) groups is 1. The smallest absolute Gasteiger partial charge is 0.253 e. The number of likely N-dealkylation sites (tertiary alicyclic amines) is 1. The summed E-state index contributed by atoms with van der Waals surface area (Å²) >= 11 is 0. The topological polar surface area (TPSA) is 59.2 Å². The standard InChI is InChI=1S/C18H21N3O2/c22-18(21-10-3-1-2-4-11-21)15-7-5-6-14(12-15)16-19-17(23-20-16)13-8-9-13/h5-7,12-13H,1-4,8-11H2. The van der Waals surface area contributed by atoms with Crippen molar-refractivity contribution < 1.29 is 9.32 Å². The number of benzene rings is 1. The van der Waals surface area contributed by atoms with Gasteiger partial charge in [0.05, 0.1) is 0 Å². The highest BCUT2D eigenvalue weighted by Gasteiger charge is 2.29. The second-order valence-corrected chi connectivity index (χ2v) is 6.52. The van der Waals surface area contributed by atoms with E-state index in [1.165, 1.54) is 12.8 Å². The summed E-state index contributed by atoms with van der Waals surface area (Å²) in [4.78, 5) is 19.2. The summed E-state index contributed by atoms with van der Waals surface area (Å²) in [5.41, 5.74) is 1.56. The van der Waals surface area contributed by atoms with Crippen LogP contribution in [0.1, 0.15) is 60.7 Å². The minimum Gasteiger partial charge on any atom is -0.339 e. The maximum Gasteiger partial charge on any atom is 0.253 e. The molecule has 1 saturated heterocycles. The van der Waals surface area contributed by atoms with E-state index in [0.29, 0.717) is 17.3 Å². The van der Waals surface area contributed by atoms with E-state index in [-0.39, 0.29) is 5.91 Å². The highest BCUT2D eigenvalue weighted by Crippen LogP contribution is 2.39. The van der Waals surface area contributed by atoms with Crippen LogP contribution in [0.15, 0.2) is 28.8 Å². The molecule has 1 saturated carbocycles. The minimum atomic E-state index is 0.111.